The Hall–Kier alpha value is -2.96. The first-order valence-corrected chi connectivity index (χ1v) is 7.04. The highest BCUT2D eigenvalue weighted by molar-refractivity contribution is 6.03. The number of anilines is 2. The monoisotopic (exact) mass is 294 g/mol. The highest BCUT2D eigenvalue weighted by atomic mass is 16.1. The molecule has 1 aliphatic rings. The SMILES string of the molecule is Nc1nccc(-c2c[nH]c3nccc(N4CCC(=O)C4)c23)n1. The number of aromatic amines is 1. The number of rotatable bonds is 2. The van der Waals surface area contributed by atoms with E-state index in [0.29, 0.717) is 13.0 Å². The number of nitrogen functional groups attached to an aromatic ring is 1. The van der Waals surface area contributed by atoms with Crippen molar-refractivity contribution < 1.29 is 4.79 Å². The van der Waals surface area contributed by atoms with Crippen molar-refractivity contribution in [3.63, 3.8) is 0 Å². The van der Waals surface area contributed by atoms with Gasteiger partial charge in [0.05, 0.1) is 23.3 Å². The van der Waals surface area contributed by atoms with Crippen LogP contribution in [0.5, 0.6) is 0 Å². The Labute approximate surface area is 126 Å². The predicted octanol–water partition coefficient (Wildman–Crippen LogP) is 1.38. The normalized spacial score (nSPS) is 14.9. The van der Waals surface area contributed by atoms with Gasteiger partial charge in [0.1, 0.15) is 5.65 Å². The standard InChI is InChI=1S/C15H14N6O/c16-15-18-4-1-11(20-15)10-7-19-14-13(10)12(2-5-17-14)21-6-3-9(22)8-21/h1-2,4-5,7H,3,6,8H2,(H,17,19)(H2,16,18,20). The van der Waals surface area contributed by atoms with Crippen LogP contribution in [0.2, 0.25) is 0 Å². The Morgan fingerprint density at radius 3 is 2.86 bits per heavy atom. The Morgan fingerprint density at radius 2 is 2.09 bits per heavy atom. The predicted molar refractivity (Wildman–Crippen MR) is 83.4 cm³/mol. The van der Waals surface area contributed by atoms with Crippen LogP contribution in [0.25, 0.3) is 22.3 Å². The van der Waals surface area contributed by atoms with Gasteiger partial charge in [-0.2, -0.15) is 0 Å². The maximum absolute atomic E-state index is 11.6. The Bertz CT molecular complexity index is 871. The number of nitrogens with one attached hydrogen (secondary N) is 1. The number of carbonyl (C=O) groups excluding carboxylic acids is 1. The van der Waals surface area contributed by atoms with Crippen LogP contribution in [0.4, 0.5) is 11.6 Å². The van der Waals surface area contributed by atoms with Crippen molar-refractivity contribution in [1.29, 1.82) is 0 Å². The summed E-state index contributed by atoms with van der Waals surface area (Å²) >= 11 is 0. The van der Waals surface area contributed by atoms with E-state index >= 15 is 0 Å². The smallest absolute Gasteiger partial charge is 0.220 e. The summed E-state index contributed by atoms with van der Waals surface area (Å²) < 4.78 is 0. The van der Waals surface area contributed by atoms with Crippen LogP contribution in [0.1, 0.15) is 6.42 Å². The maximum Gasteiger partial charge on any atom is 0.220 e. The van der Waals surface area contributed by atoms with Crippen molar-refractivity contribution >= 4 is 28.5 Å². The van der Waals surface area contributed by atoms with Crippen LogP contribution < -0.4 is 10.6 Å². The van der Waals surface area contributed by atoms with Gasteiger partial charge < -0.3 is 15.6 Å². The summed E-state index contributed by atoms with van der Waals surface area (Å²) in [7, 11) is 0. The second-order valence-electron chi connectivity index (χ2n) is 5.27. The number of nitrogens with two attached hydrogens (primary N) is 1. The van der Waals surface area contributed by atoms with E-state index in [1.165, 1.54) is 0 Å². The molecule has 0 aromatic carbocycles. The lowest BCUT2D eigenvalue weighted by Gasteiger charge is -2.18. The second kappa shape index (κ2) is 4.80. The molecular weight excluding hydrogens is 280 g/mol. The van der Waals surface area contributed by atoms with Crippen LogP contribution in [0.15, 0.2) is 30.7 Å². The van der Waals surface area contributed by atoms with Crippen molar-refractivity contribution in [3.8, 4) is 11.3 Å². The first-order chi connectivity index (χ1) is 10.7. The molecule has 0 unspecified atom stereocenters. The molecule has 22 heavy (non-hydrogen) atoms. The lowest BCUT2D eigenvalue weighted by molar-refractivity contribution is -0.116. The van der Waals surface area contributed by atoms with E-state index in [4.69, 9.17) is 5.73 Å². The van der Waals surface area contributed by atoms with Gasteiger partial charge in [-0.15, -0.1) is 0 Å². The average Bonchev–Trinajstić information content (AvgIpc) is 3.13. The molecule has 0 radical (unpaired) electrons. The van der Waals surface area contributed by atoms with Crippen LogP contribution >= 0.6 is 0 Å². The zero-order valence-electron chi connectivity index (χ0n) is 11.8. The van der Waals surface area contributed by atoms with Crippen molar-refractivity contribution in [2.24, 2.45) is 0 Å². The second-order valence-corrected chi connectivity index (χ2v) is 5.27. The summed E-state index contributed by atoms with van der Waals surface area (Å²) in [6.07, 6.45) is 5.83. The molecule has 0 aliphatic carbocycles. The molecule has 1 aliphatic heterocycles. The fourth-order valence-corrected chi connectivity index (χ4v) is 2.86. The largest absolute Gasteiger partial charge is 0.368 e. The van der Waals surface area contributed by atoms with E-state index in [2.05, 4.69) is 24.8 Å². The van der Waals surface area contributed by atoms with Crippen molar-refractivity contribution in [2.45, 2.75) is 6.42 Å². The molecule has 0 spiro atoms. The Balaban J connectivity index is 1.91. The fraction of sp³-hybridized carbons (Fsp3) is 0.200. The average molecular weight is 294 g/mol. The van der Waals surface area contributed by atoms with Gasteiger partial charge in [-0.25, -0.2) is 15.0 Å². The molecule has 0 bridgehead atoms. The van der Waals surface area contributed by atoms with Crippen LogP contribution in [-0.2, 0) is 4.79 Å². The Kier molecular flexibility index (Phi) is 2.78. The minimum atomic E-state index is 0.230. The minimum absolute atomic E-state index is 0.230. The molecule has 4 heterocycles. The van der Waals surface area contributed by atoms with E-state index in [-0.39, 0.29) is 11.7 Å². The van der Waals surface area contributed by atoms with Gasteiger partial charge in [-0.05, 0) is 12.1 Å². The molecule has 0 saturated carbocycles. The third-order valence-corrected chi connectivity index (χ3v) is 3.87. The highest BCUT2D eigenvalue weighted by Crippen LogP contribution is 2.35. The van der Waals surface area contributed by atoms with Gasteiger partial charge in [0.25, 0.3) is 0 Å². The first-order valence-electron chi connectivity index (χ1n) is 7.04. The number of nitrogens with zero attached hydrogens (tertiary/aromatic N) is 4. The van der Waals surface area contributed by atoms with E-state index in [1.54, 1.807) is 12.4 Å². The number of carbonyl (C=O) groups is 1. The number of hydrogen-bond donors (Lipinski definition) is 2. The van der Waals surface area contributed by atoms with E-state index in [1.807, 2.05) is 18.3 Å². The molecule has 0 atom stereocenters. The quantitative estimate of drug-likeness (QED) is 0.740. The van der Waals surface area contributed by atoms with Crippen molar-refractivity contribution in [2.75, 3.05) is 23.7 Å². The highest BCUT2D eigenvalue weighted by Gasteiger charge is 2.23. The summed E-state index contributed by atoms with van der Waals surface area (Å²) in [5.74, 6) is 0.488. The van der Waals surface area contributed by atoms with Crippen LogP contribution in [0.3, 0.4) is 0 Å². The zero-order valence-corrected chi connectivity index (χ0v) is 11.8. The lowest BCUT2D eigenvalue weighted by atomic mass is 10.1. The summed E-state index contributed by atoms with van der Waals surface area (Å²) in [6, 6.07) is 3.74. The summed E-state index contributed by atoms with van der Waals surface area (Å²) in [5, 5.41) is 0.954. The number of fused-ring (bicyclic) bond motifs is 1. The fourth-order valence-electron chi connectivity index (χ4n) is 2.86. The molecule has 1 fully saturated rings. The number of ketones is 1. The third-order valence-electron chi connectivity index (χ3n) is 3.87. The van der Waals surface area contributed by atoms with Gasteiger partial charge in [-0.3, -0.25) is 4.79 Å². The van der Waals surface area contributed by atoms with E-state index in [0.717, 1.165) is 34.5 Å². The van der Waals surface area contributed by atoms with Gasteiger partial charge in [0, 0.05) is 37.1 Å². The first kappa shape index (κ1) is 12.8. The molecule has 3 aromatic heterocycles. The number of Topliss-reactive ketones (excluding diaryl/α,β-unsaturated/α-hetero) is 1. The van der Waals surface area contributed by atoms with E-state index in [9.17, 15) is 4.79 Å². The zero-order chi connectivity index (χ0) is 15.1. The minimum Gasteiger partial charge on any atom is -0.368 e. The summed E-state index contributed by atoms with van der Waals surface area (Å²) in [4.78, 5) is 29.4. The summed E-state index contributed by atoms with van der Waals surface area (Å²) in [5.41, 5.74) is 9.09. The van der Waals surface area contributed by atoms with Crippen molar-refractivity contribution in [1.82, 2.24) is 19.9 Å². The third kappa shape index (κ3) is 1.98. The topological polar surface area (TPSA) is 101 Å². The van der Waals surface area contributed by atoms with Crippen molar-refractivity contribution in [3.05, 3.63) is 30.7 Å². The van der Waals surface area contributed by atoms with Gasteiger partial charge in [0.15, 0.2) is 5.78 Å². The lowest BCUT2D eigenvalue weighted by Crippen LogP contribution is -2.19. The molecule has 7 nitrogen and oxygen atoms in total. The van der Waals surface area contributed by atoms with Gasteiger partial charge in [0.2, 0.25) is 5.95 Å². The number of pyridine rings is 1. The van der Waals surface area contributed by atoms with Gasteiger partial charge >= 0.3 is 0 Å². The molecule has 110 valence electrons. The molecule has 3 aromatic rings. The molecule has 0 amide bonds. The summed E-state index contributed by atoms with van der Waals surface area (Å²) in [6.45, 7) is 1.17. The molecular formula is C15H14N6O. The van der Waals surface area contributed by atoms with Gasteiger partial charge in [-0.1, -0.05) is 0 Å². The molecule has 1 saturated heterocycles. The van der Waals surface area contributed by atoms with E-state index < -0.39 is 0 Å². The number of aromatic nitrogens is 4. The van der Waals surface area contributed by atoms with Crippen LogP contribution in [-0.4, -0.2) is 38.8 Å². The Morgan fingerprint density at radius 1 is 1.23 bits per heavy atom. The number of hydrogen-bond acceptors (Lipinski definition) is 6. The van der Waals surface area contributed by atoms with Crippen LogP contribution in [0, 0.1) is 0 Å². The maximum atomic E-state index is 11.6. The molecule has 7 heteroatoms. The molecule has 3 N–H and O–H groups in total. The number of H-pyrrole nitrogens is 1. The molecule has 4 rings (SSSR count).